The third kappa shape index (κ3) is 9.68. The van der Waals surface area contributed by atoms with Crippen LogP contribution in [0, 0.1) is 0 Å². The molecule has 4 N–H and O–H groups in total. The predicted octanol–water partition coefficient (Wildman–Crippen LogP) is 4.18. The Labute approximate surface area is 199 Å². The lowest BCUT2D eigenvalue weighted by atomic mass is 10.0. The van der Waals surface area contributed by atoms with E-state index in [1.54, 1.807) is 0 Å². The van der Waals surface area contributed by atoms with Gasteiger partial charge in [0, 0.05) is 37.1 Å². The van der Waals surface area contributed by atoms with Crippen LogP contribution in [0.15, 0.2) is 24.3 Å². The largest absolute Gasteiger partial charge is 0.492 e. The highest BCUT2D eigenvalue weighted by Gasteiger charge is 2.12. The van der Waals surface area contributed by atoms with Gasteiger partial charge in [0.15, 0.2) is 0 Å². The lowest BCUT2D eigenvalue weighted by molar-refractivity contribution is -0.146. The Kier molecular flexibility index (Phi) is 11.7. The second-order valence-corrected chi connectivity index (χ2v) is 8.36. The van der Waals surface area contributed by atoms with Crippen molar-refractivity contribution in [1.29, 1.82) is 0 Å². The molecule has 0 aromatic carbocycles. The highest BCUT2D eigenvalue weighted by atomic mass is 16.7. The molecule has 2 rings (SSSR count). The number of aromatic hydroxyl groups is 4. The zero-order valence-electron chi connectivity index (χ0n) is 19.5. The van der Waals surface area contributed by atoms with Crippen molar-refractivity contribution in [2.24, 2.45) is 0 Å². The molecule has 0 saturated heterocycles. The molecule has 0 fully saturated rings. The molecule has 0 saturated carbocycles. The molecule has 2 heterocycles. The molecule has 0 amide bonds. The molecular weight excluding hydrogens is 444 g/mol. The van der Waals surface area contributed by atoms with Crippen LogP contribution in [-0.2, 0) is 9.59 Å². The van der Waals surface area contributed by atoms with Gasteiger partial charge < -0.3 is 30.1 Å². The quantitative estimate of drug-likeness (QED) is 0.247. The van der Waals surface area contributed by atoms with Gasteiger partial charge in [0.05, 0.1) is 0 Å². The normalized spacial score (nSPS) is 10.9. The summed E-state index contributed by atoms with van der Waals surface area (Å²) in [4.78, 5) is 33.3. The van der Waals surface area contributed by atoms with E-state index < -0.39 is 11.9 Å². The number of unbranched alkanes of at least 4 members (excludes halogenated alkanes) is 11. The monoisotopic (exact) mass is 480 g/mol. The number of carbonyl (C=O) groups excluding carboxylic acids is 2. The Morgan fingerprint density at radius 2 is 0.735 bits per heavy atom. The highest BCUT2D eigenvalue weighted by molar-refractivity contribution is 5.70. The van der Waals surface area contributed by atoms with E-state index in [9.17, 15) is 30.0 Å². The zero-order valence-corrected chi connectivity index (χ0v) is 19.5. The Morgan fingerprint density at radius 3 is 1.00 bits per heavy atom. The van der Waals surface area contributed by atoms with E-state index in [-0.39, 0.29) is 36.4 Å². The maximum absolute atomic E-state index is 11.7. The van der Waals surface area contributed by atoms with Crippen molar-refractivity contribution in [3.8, 4) is 23.5 Å². The van der Waals surface area contributed by atoms with Gasteiger partial charge in [-0.15, -0.1) is 9.46 Å². The first-order valence-corrected chi connectivity index (χ1v) is 12.0. The van der Waals surface area contributed by atoms with Crippen molar-refractivity contribution in [3.63, 3.8) is 0 Å². The molecule has 0 aliphatic carbocycles. The standard InChI is InChI=1S/C24H36N2O8/c27-19-15-16-20(28)25(19)33-23(31)13-11-9-7-5-3-1-2-4-6-8-10-12-14-24(32)34-26-21(29)17-18-22(26)30/h15-18,27-30H,1-14H2. The fraction of sp³-hybridized carbons (Fsp3) is 0.583. The molecule has 0 bridgehead atoms. The summed E-state index contributed by atoms with van der Waals surface area (Å²) >= 11 is 0. The van der Waals surface area contributed by atoms with Crippen LogP contribution < -0.4 is 9.68 Å². The van der Waals surface area contributed by atoms with Crippen molar-refractivity contribution in [2.75, 3.05) is 0 Å². The summed E-state index contributed by atoms with van der Waals surface area (Å²) in [5, 5.41) is 37.7. The van der Waals surface area contributed by atoms with Crippen molar-refractivity contribution in [2.45, 2.75) is 89.9 Å². The van der Waals surface area contributed by atoms with E-state index >= 15 is 0 Å². The third-order valence-electron chi connectivity index (χ3n) is 5.49. The first kappa shape index (κ1) is 26.9. The van der Waals surface area contributed by atoms with Gasteiger partial charge in [-0.2, -0.15) is 0 Å². The van der Waals surface area contributed by atoms with Crippen molar-refractivity contribution < 1.29 is 39.7 Å². The smallest absolute Gasteiger partial charge is 0.333 e. The van der Waals surface area contributed by atoms with Crippen LogP contribution in [-0.4, -0.2) is 41.8 Å². The molecule has 0 unspecified atom stereocenters. The van der Waals surface area contributed by atoms with Gasteiger partial charge in [0.2, 0.25) is 23.5 Å². The number of carbonyl (C=O) groups is 2. The molecule has 0 spiro atoms. The minimum absolute atomic E-state index is 0.242. The molecule has 0 atom stereocenters. The average Bonchev–Trinajstić information content (AvgIpc) is 3.29. The summed E-state index contributed by atoms with van der Waals surface area (Å²) in [5.74, 6) is -2.24. The van der Waals surface area contributed by atoms with Gasteiger partial charge in [0.25, 0.3) is 0 Å². The fourth-order valence-electron chi connectivity index (χ4n) is 3.59. The molecule has 0 aliphatic rings. The number of nitrogens with zero attached hydrogens (tertiary/aromatic N) is 2. The maximum Gasteiger partial charge on any atom is 0.333 e. The van der Waals surface area contributed by atoms with Crippen molar-refractivity contribution >= 4 is 11.9 Å². The van der Waals surface area contributed by atoms with Crippen LogP contribution in [0.4, 0.5) is 0 Å². The Morgan fingerprint density at radius 1 is 0.500 bits per heavy atom. The third-order valence-corrected chi connectivity index (χ3v) is 5.49. The Hall–Kier alpha value is -3.30. The molecule has 0 radical (unpaired) electrons. The van der Waals surface area contributed by atoms with Gasteiger partial charge in [-0.3, -0.25) is 0 Å². The van der Waals surface area contributed by atoms with Crippen LogP contribution in [0.2, 0.25) is 0 Å². The number of hydrogen-bond donors (Lipinski definition) is 4. The lowest BCUT2D eigenvalue weighted by Gasteiger charge is -2.07. The minimum atomic E-state index is -0.488. The second kappa shape index (κ2) is 14.8. The molecule has 34 heavy (non-hydrogen) atoms. The van der Waals surface area contributed by atoms with Gasteiger partial charge in [0.1, 0.15) is 0 Å². The minimum Gasteiger partial charge on any atom is -0.492 e. The lowest BCUT2D eigenvalue weighted by Crippen LogP contribution is -2.18. The second-order valence-electron chi connectivity index (χ2n) is 8.36. The fourth-order valence-corrected chi connectivity index (χ4v) is 3.59. The summed E-state index contributed by atoms with van der Waals surface area (Å²) in [6.45, 7) is 0. The summed E-state index contributed by atoms with van der Waals surface area (Å²) < 4.78 is 1.42. The van der Waals surface area contributed by atoms with Crippen molar-refractivity contribution in [3.05, 3.63) is 24.3 Å². The molecule has 10 heteroatoms. The van der Waals surface area contributed by atoms with Gasteiger partial charge >= 0.3 is 11.9 Å². The van der Waals surface area contributed by atoms with Crippen LogP contribution >= 0.6 is 0 Å². The number of aromatic nitrogens is 2. The molecular formula is C24H36N2O8. The van der Waals surface area contributed by atoms with E-state index in [1.165, 1.54) is 49.9 Å². The molecule has 10 nitrogen and oxygen atoms in total. The number of hydrogen-bond acceptors (Lipinski definition) is 8. The van der Waals surface area contributed by atoms with E-state index in [0.717, 1.165) is 38.5 Å². The summed E-state index contributed by atoms with van der Waals surface area (Å²) in [5.41, 5.74) is 0. The molecule has 0 aliphatic heterocycles. The van der Waals surface area contributed by atoms with Crippen molar-refractivity contribution in [1.82, 2.24) is 9.46 Å². The summed E-state index contributed by atoms with van der Waals surface area (Å²) in [7, 11) is 0. The van der Waals surface area contributed by atoms with Gasteiger partial charge in [-0.05, 0) is 12.8 Å². The van der Waals surface area contributed by atoms with Crippen LogP contribution in [0.5, 0.6) is 23.5 Å². The first-order valence-electron chi connectivity index (χ1n) is 12.0. The van der Waals surface area contributed by atoms with Crippen LogP contribution in [0.3, 0.4) is 0 Å². The number of rotatable bonds is 17. The molecule has 2 aromatic heterocycles. The average molecular weight is 481 g/mol. The van der Waals surface area contributed by atoms with E-state index in [0.29, 0.717) is 22.3 Å². The Bertz CT molecular complexity index is 778. The highest BCUT2D eigenvalue weighted by Crippen LogP contribution is 2.20. The molecule has 2 aromatic rings. The van der Waals surface area contributed by atoms with E-state index in [2.05, 4.69) is 0 Å². The topological polar surface area (TPSA) is 143 Å². The Balaban J connectivity index is 1.34. The maximum atomic E-state index is 11.7. The van der Waals surface area contributed by atoms with Crippen LogP contribution in [0.1, 0.15) is 89.9 Å². The van der Waals surface area contributed by atoms with E-state index in [4.69, 9.17) is 9.68 Å². The van der Waals surface area contributed by atoms with Gasteiger partial charge in [-0.1, -0.05) is 64.2 Å². The molecule has 190 valence electrons. The zero-order chi connectivity index (χ0) is 24.8. The summed E-state index contributed by atoms with van der Waals surface area (Å²) in [6.07, 6.45) is 12.9. The van der Waals surface area contributed by atoms with Gasteiger partial charge in [-0.25, -0.2) is 9.59 Å². The summed E-state index contributed by atoms with van der Waals surface area (Å²) in [6, 6.07) is 4.98. The first-order chi connectivity index (χ1) is 16.4. The predicted molar refractivity (Wildman–Crippen MR) is 123 cm³/mol. The van der Waals surface area contributed by atoms with Crippen LogP contribution in [0.25, 0.3) is 0 Å². The van der Waals surface area contributed by atoms with E-state index in [1.807, 2.05) is 0 Å². The SMILES string of the molecule is O=C(CCCCCCCCCCCCCCC(=O)On1c(O)ccc1O)On1c(O)ccc1O.